The van der Waals surface area contributed by atoms with Crippen molar-refractivity contribution < 1.29 is 14.7 Å². The number of rotatable bonds is 6. The molecule has 0 aliphatic rings. The minimum Gasteiger partial charge on any atom is -0.508 e. The lowest BCUT2D eigenvalue weighted by Crippen LogP contribution is -2.48. The van der Waals surface area contributed by atoms with Crippen molar-refractivity contribution in [3.63, 3.8) is 0 Å². The molecule has 0 aromatic heterocycles. The summed E-state index contributed by atoms with van der Waals surface area (Å²) < 4.78 is 0. The zero-order chi connectivity index (χ0) is 18.2. The Morgan fingerprint density at radius 2 is 1.80 bits per heavy atom. The summed E-state index contributed by atoms with van der Waals surface area (Å²) in [6.07, 6.45) is 2.05. The van der Waals surface area contributed by atoms with E-state index in [4.69, 9.17) is 5.26 Å². The number of benzene rings is 2. The van der Waals surface area contributed by atoms with Gasteiger partial charge in [-0.25, -0.2) is 4.90 Å². The van der Waals surface area contributed by atoms with E-state index in [1.165, 1.54) is 12.1 Å². The van der Waals surface area contributed by atoms with Crippen molar-refractivity contribution in [2.45, 2.75) is 19.4 Å². The van der Waals surface area contributed by atoms with Gasteiger partial charge in [0, 0.05) is 18.5 Å². The van der Waals surface area contributed by atoms with E-state index in [1.807, 2.05) is 6.19 Å². The molecule has 0 bridgehead atoms. The average molecular weight is 337 g/mol. The Kier molecular flexibility index (Phi) is 6.13. The highest BCUT2D eigenvalue weighted by atomic mass is 16.3. The molecule has 2 N–H and O–H groups in total. The van der Waals surface area contributed by atoms with Gasteiger partial charge in [-0.05, 0) is 36.8 Å². The SMILES string of the molecule is CCN(C#N)C(=O)C(Cc1ccc(O)cc1)NC(=O)c1ccccc1. The number of phenolic OH excluding ortho intramolecular Hbond substituents is 1. The molecule has 0 aliphatic heterocycles. The lowest BCUT2D eigenvalue weighted by Gasteiger charge is -2.22. The van der Waals surface area contributed by atoms with Gasteiger partial charge in [0.15, 0.2) is 6.19 Å². The van der Waals surface area contributed by atoms with E-state index in [0.717, 1.165) is 10.5 Å². The largest absolute Gasteiger partial charge is 0.508 e. The van der Waals surface area contributed by atoms with Crippen molar-refractivity contribution in [1.29, 1.82) is 5.26 Å². The van der Waals surface area contributed by atoms with Crippen molar-refractivity contribution in [1.82, 2.24) is 10.2 Å². The monoisotopic (exact) mass is 337 g/mol. The Labute approximate surface area is 146 Å². The van der Waals surface area contributed by atoms with Crippen LogP contribution in [0.5, 0.6) is 5.75 Å². The summed E-state index contributed by atoms with van der Waals surface area (Å²) in [5, 5.41) is 21.2. The van der Waals surface area contributed by atoms with Crippen LogP contribution in [0.1, 0.15) is 22.8 Å². The molecular weight excluding hydrogens is 318 g/mol. The number of carbonyl (C=O) groups excluding carboxylic acids is 2. The maximum atomic E-state index is 12.6. The fourth-order valence-electron chi connectivity index (χ4n) is 2.36. The predicted molar refractivity (Wildman–Crippen MR) is 92.5 cm³/mol. The zero-order valence-electron chi connectivity index (χ0n) is 13.8. The van der Waals surface area contributed by atoms with Gasteiger partial charge in [-0.1, -0.05) is 30.3 Å². The fraction of sp³-hybridized carbons (Fsp3) is 0.211. The van der Waals surface area contributed by atoms with E-state index < -0.39 is 11.9 Å². The van der Waals surface area contributed by atoms with Crippen molar-refractivity contribution in [3.05, 3.63) is 65.7 Å². The molecule has 0 spiro atoms. The molecule has 6 heteroatoms. The van der Waals surface area contributed by atoms with Crippen LogP contribution in [-0.2, 0) is 11.2 Å². The van der Waals surface area contributed by atoms with Crippen LogP contribution in [0.3, 0.4) is 0 Å². The van der Waals surface area contributed by atoms with Gasteiger partial charge in [-0.15, -0.1) is 0 Å². The third-order valence-corrected chi connectivity index (χ3v) is 3.72. The molecule has 0 fully saturated rings. The van der Waals surface area contributed by atoms with Crippen LogP contribution in [0.4, 0.5) is 0 Å². The second-order valence-corrected chi connectivity index (χ2v) is 5.45. The molecule has 0 heterocycles. The van der Waals surface area contributed by atoms with E-state index in [2.05, 4.69) is 5.32 Å². The maximum Gasteiger partial charge on any atom is 0.258 e. The van der Waals surface area contributed by atoms with Crippen LogP contribution in [0.2, 0.25) is 0 Å². The fourth-order valence-corrected chi connectivity index (χ4v) is 2.36. The third-order valence-electron chi connectivity index (χ3n) is 3.72. The number of nitriles is 1. The topological polar surface area (TPSA) is 93.4 Å². The summed E-state index contributed by atoms with van der Waals surface area (Å²) in [4.78, 5) is 26.0. The Morgan fingerprint density at radius 1 is 1.16 bits per heavy atom. The predicted octanol–water partition coefficient (Wildman–Crippen LogP) is 2.06. The Morgan fingerprint density at radius 3 is 2.36 bits per heavy atom. The molecule has 2 rings (SSSR count). The summed E-state index contributed by atoms with van der Waals surface area (Å²) in [6, 6.07) is 14.1. The molecule has 0 aliphatic carbocycles. The average Bonchev–Trinajstić information content (AvgIpc) is 2.64. The van der Waals surface area contributed by atoms with Gasteiger partial charge < -0.3 is 10.4 Å². The third kappa shape index (κ3) is 4.82. The number of likely N-dealkylation sites (N-methyl/N-ethyl adjacent to an activating group) is 1. The van der Waals surface area contributed by atoms with Crippen LogP contribution >= 0.6 is 0 Å². The van der Waals surface area contributed by atoms with E-state index in [-0.39, 0.29) is 24.6 Å². The number of carbonyl (C=O) groups is 2. The van der Waals surface area contributed by atoms with Crippen LogP contribution in [-0.4, -0.2) is 34.4 Å². The molecule has 25 heavy (non-hydrogen) atoms. The van der Waals surface area contributed by atoms with Crippen LogP contribution in [0.25, 0.3) is 0 Å². The molecule has 2 aromatic carbocycles. The van der Waals surface area contributed by atoms with Crippen LogP contribution in [0.15, 0.2) is 54.6 Å². The van der Waals surface area contributed by atoms with Gasteiger partial charge in [0.1, 0.15) is 11.8 Å². The highest BCUT2D eigenvalue weighted by Crippen LogP contribution is 2.13. The van der Waals surface area contributed by atoms with Gasteiger partial charge in [0.05, 0.1) is 0 Å². The standard InChI is InChI=1S/C19H19N3O3/c1-2-22(13-20)19(25)17(12-14-8-10-16(23)11-9-14)21-18(24)15-6-4-3-5-7-15/h3-11,17,23H,2,12H2,1H3,(H,21,24). The first-order valence-corrected chi connectivity index (χ1v) is 7.90. The first-order valence-electron chi connectivity index (χ1n) is 7.90. The van der Waals surface area contributed by atoms with Crippen molar-refractivity contribution in [3.8, 4) is 11.9 Å². The van der Waals surface area contributed by atoms with E-state index in [1.54, 1.807) is 49.4 Å². The van der Waals surface area contributed by atoms with Gasteiger partial charge in [-0.3, -0.25) is 9.59 Å². The summed E-state index contributed by atoms with van der Waals surface area (Å²) in [5.41, 5.74) is 1.20. The van der Waals surface area contributed by atoms with Gasteiger partial charge in [-0.2, -0.15) is 5.26 Å². The minimum absolute atomic E-state index is 0.118. The highest BCUT2D eigenvalue weighted by molar-refractivity contribution is 5.97. The molecule has 2 aromatic rings. The highest BCUT2D eigenvalue weighted by Gasteiger charge is 2.26. The first-order chi connectivity index (χ1) is 12.0. The number of aromatic hydroxyl groups is 1. The quantitative estimate of drug-likeness (QED) is 0.623. The summed E-state index contributed by atoms with van der Waals surface area (Å²) in [7, 11) is 0. The molecule has 0 radical (unpaired) electrons. The lowest BCUT2D eigenvalue weighted by atomic mass is 10.0. The zero-order valence-corrected chi connectivity index (χ0v) is 13.8. The number of amides is 2. The Hall–Kier alpha value is -3.33. The normalized spacial score (nSPS) is 11.2. The second-order valence-electron chi connectivity index (χ2n) is 5.45. The molecule has 128 valence electrons. The number of nitrogens with one attached hydrogen (secondary N) is 1. The Balaban J connectivity index is 2.22. The number of nitrogens with zero attached hydrogens (tertiary/aromatic N) is 2. The molecule has 2 amide bonds. The van der Waals surface area contributed by atoms with Gasteiger partial charge in [0.2, 0.25) is 0 Å². The number of hydrogen-bond donors (Lipinski definition) is 2. The molecular formula is C19H19N3O3. The van der Waals surface area contributed by atoms with Crippen molar-refractivity contribution in [2.24, 2.45) is 0 Å². The molecule has 6 nitrogen and oxygen atoms in total. The van der Waals surface area contributed by atoms with E-state index >= 15 is 0 Å². The lowest BCUT2D eigenvalue weighted by molar-refractivity contribution is -0.130. The number of phenols is 1. The Bertz CT molecular complexity index is 767. The van der Waals surface area contributed by atoms with Gasteiger partial charge in [0.25, 0.3) is 11.8 Å². The van der Waals surface area contributed by atoms with Crippen LogP contribution < -0.4 is 5.32 Å². The van der Waals surface area contributed by atoms with Gasteiger partial charge >= 0.3 is 0 Å². The van der Waals surface area contributed by atoms with E-state index in [0.29, 0.717) is 5.56 Å². The number of hydrogen-bond acceptors (Lipinski definition) is 4. The van der Waals surface area contributed by atoms with E-state index in [9.17, 15) is 14.7 Å². The van der Waals surface area contributed by atoms with Crippen molar-refractivity contribution >= 4 is 11.8 Å². The first kappa shape index (κ1) is 18.0. The summed E-state index contributed by atoms with van der Waals surface area (Å²) in [6.45, 7) is 1.92. The molecule has 1 unspecified atom stereocenters. The minimum atomic E-state index is -0.878. The summed E-state index contributed by atoms with van der Waals surface area (Å²) in [5.74, 6) is -0.735. The smallest absolute Gasteiger partial charge is 0.258 e. The second kappa shape index (κ2) is 8.50. The molecule has 0 saturated carbocycles. The maximum absolute atomic E-state index is 12.6. The molecule has 1 atom stereocenters. The summed E-state index contributed by atoms with van der Waals surface area (Å²) >= 11 is 0. The van der Waals surface area contributed by atoms with Crippen molar-refractivity contribution in [2.75, 3.05) is 6.54 Å². The molecule has 0 saturated heterocycles. The van der Waals surface area contributed by atoms with Crippen LogP contribution in [0, 0.1) is 11.5 Å².